The first-order valence-corrected chi connectivity index (χ1v) is 8.70. The topological polar surface area (TPSA) is 12.0 Å². The molecule has 1 heterocycles. The van der Waals surface area contributed by atoms with Crippen molar-refractivity contribution in [2.24, 2.45) is 0 Å². The summed E-state index contributed by atoms with van der Waals surface area (Å²) in [4.78, 5) is 0. The minimum atomic E-state index is 0.00995. The van der Waals surface area contributed by atoms with Crippen LogP contribution in [0.3, 0.4) is 0 Å². The number of nitrogens with one attached hydrogen (secondary N) is 1. The van der Waals surface area contributed by atoms with E-state index in [1.807, 2.05) is 0 Å². The summed E-state index contributed by atoms with van der Waals surface area (Å²) in [6, 6.07) is 13.6. The van der Waals surface area contributed by atoms with E-state index in [0.29, 0.717) is 0 Å². The van der Waals surface area contributed by atoms with Crippen LogP contribution in [0.25, 0.3) is 10.8 Å². The standard InChI is InChI=1S/C21H29N/c1-20(2)14-6-5-7-15-22-21(3,4)18-13-9-11-16-10-8-12-17(20)19(16)18/h8-13,22H,5-7,14-15H2,1-4H3. The second-order valence-corrected chi connectivity index (χ2v) is 7.96. The van der Waals surface area contributed by atoms with Gasteiger partial charge in [0, 0.05) is 5.54 Å². The van der Waals surface area contributed by atoms with Crippen molar-refractivity contribution in [2.75, 3.05) is 6.54 Å². The molecule has 0 atom stereocenters. The van der Waals surface area contributed by atoms with Crippen molar-refractivity contribution in [1.82, 2.24) is 5.32 Å². The predicted octanol–water partition coefficient (Wildman–Crippen LogP) is 5.52. The smallest absolute Gasteiger partial charge is 0.0383 e. The molecule has 1 nitrogen and oxygen atoms in total. The van der Waals surface area contributed by atoms with Crippen LogP contribution in [0.4, 0.5) is 0 Å². The van der Waals surface area contributed by atoms with Crippen molar-refractivity contribution in [3.63, 3.8) is 0 Å². The van der Waals surface area contributed by atoms with E-state index in [-0.39, 0.29) is 11.0 Å². The highest BCUT2D eigenvalue weighted by molar-refractivity contribution is 5.90. The molecule has 0 bridgehead atoms. The zero-order valence-corrected chi connectivity index (χ0v) is 14.5. The molecule has 1 N–H and O–H groups in total. The molecule has 0 fully saturated rings. The van der Waals surface area contributed by atoms with Crippen molar-refractivity contribution in [1.29, 1.82) is 0 Å². The lowest BCUT2D eigenvalue weighted by atomic mass is 9.75. The molecule has 0 aliphatic carbocycles. The Morgan fingerprint density at radius 3 is 2.23 bits per heavy atom. The fourth-order valence-electron chi connectivity index (χ4n) is 3.93. The minimum Gasteiger partial charge on any atom is -0.308 e. The van der Waals surface area contributed by atoms with Crippen LogP contribution in [0.1, 0.15) is 64.5 Å². The zero-order valence-electron chi connectivity index (χ0n) is 14.5. The molecule has 0 saturated heterocycles. The first-order chi connectivity index (χ1) is 10.4. The third-order valence-corrected chi connectivity index (χ3v) is 5.35. The molecular weight excluding hydrogens is 266 g/mol. The number of hydrogen-bond donors (Lipinski definition) is 1. The molecule has 1 heteroatoms. The van der Waals surface area contributed by atoms with Crippen molar-refractivity contribution < 1.29 is 0 Å². The molecule has 0 saturated carbocycles. The van der Waals surface area contributed by atoms with E-state index in [4.69, 9.17) is 0 Å². The van der Waals surface area contributed by atoms with Gasteiger partial charge in [0.05, 0.1) is 0 Å². The molecule has 22 heavy (non-hydrogen) atoms. The van der Waals surface area contributed by atoms with E-state index in [0.717, 1.165) is 6.54 Å². The first kappa shape index (κ1) is 15.6. The highest BCUT2D eigenvalue weighted by Crippen LogP contribution is 2.39. The third-order valence-electron chi connectivity index (χ3n) is 5.35. The van der Waals surface area contributed by atoms with Crippen LogP contribution in [-0.2, 0) is 11.0 Å². The maximum absolute atomic E-state index is 3.78. The van der Waals surface area contributed by atoms with E-state index in [1.165, 1.54) is 47.6 Å². The Bertz CT molecular complexity index is 612. The van der Waals surface area contributed by atoms with Crippen LogP contribution in [0, 0.1) is 0 Å². The molecule has 0 spiro atoms. The zero-order chi connectivity index (χ0) is 15.8. The highest BCUT2D eigenvalue weighted by atomic mass is 14.9. The molecule has 0 unspecified atom stereocenters. The highest BCUT2D eigenvalue weighted by Gasteiger charge is 2.28. The van der Waals surface area contributed by atoms with Gasteiger partial charge in [0.15, 0.2) is 0 Å². The number of benzene rings is 2. The maximum atomic E-state index is 3.78. The molecule has 118 valence electrons. The quantitative estimate of drug-likeness (QED) is 0.675. The van der Waals surface area contributed by atoms with Gasteiger partial charge in [0.2, 0.25) is 0 Å². The Hall–Kier alpha value is -1.34. The van der Waals surface area contributed by atoms with Gasteiger partial charge in [-0.1, -0.05) is 63.1 Å². The molecule has 3 rings (SSSR count). The molecule has 0 radical (unpaired) electrons. The largest absolute Gasteiger partial charge is 0.308 e. The van der Waals surface area contributed by atoms with Gasteiger partial charge in [-0.05, 0) is 60.5 Å². The van der Waals surface area contributed by atoms with Crippen LogP contribution in [-0.4, -0.2) is 6.54 Å². The van der Waals surface area contributed by atoms with Gasteiger partial charge in [-0.2, -0.15) is 0 Å². The van der Waals surface area contributed by atoms with Crippen LogP contribution in [0.5, 0.6) is 0 Å². The van der Waals surface area contributed by atoms with Gasteiger partial charge >= 0.3 is 0 Å². The van der Waals surface area contributed by atoms with Crippen molar-refractivity contribution in [3.05, 3.63) is 47.5 Å². The lowest BCUT2D eigenvalue weighted by Crippen LogP contribution is -2.37. The summed E-state index contributed by atoms with van der Waals surface area (Å²) < 4.78 is 0. The van der Waals surface area contributed by atoms with E-state index in [9.17, 15) is 0 Å². The molecule has 0 aromatic heterocycles. The Kier molecular flexibility index (Phi) is 4.03. The Morgan fingerprint density at radius 2 is 1.50 bits per heavy atom. The average Bonchev–Trinajstić information content (AvgIpc) is 2.50. The van der Waals surface area contributed by atoms with Crippen LogP contribution in [0.15, 0.2) is 36.4 Å². The van der Waals surface area contributed by atoms with E-state index < -0.39 is 0 Å². The van der Waals surface area contributed by atoms with Crippen molar-refractivity contribution >= 4 is 10.8 Å². The van der Waals surface area contributed by atoms with Crippen LogP contribution >= 0.6 is 0 Å². The predicted molar refractivity (Wildman–Crippen MR) is 96.5 cm³/mol. The Balaban J connectivity index is 2.30. The summed E-state index contributed by atoms with van der Waals surface area (Å²) >= 11 is 0. The first-order valence-electron chi connectivity index (χ1n) is 8.70. The molecule has 2 aromatic carbocycles. The minimum absolute atomic E-state index is 0.00995. The van der Waals surface area contributed by atoms with Gasteiger partial charge in [-0.15, -0.1) is 0 Å². The summed E-state index contributed by atoms with van der Waals surface area (Å²) in [6.45, 7) is 10.6. The van der Waals surface area contributed by atoms with E-state index >= 15 is 0 Å². The number of rotatable bonds is 0. The normalized spacial score (nSPS) is 21.3. The van der Waals surface area contributed by atoms with Crippen LogP contribution < -0.4 is 5.32 Å². The van der Waals surface area contributed by atoms with Gasteiger partial charge in [-0.3, -0.25) is 0 Å². The molecule has 0 amide bonds. The van der Waals surface area contributed by atoms with E-state index in [2.05, 4.69) is 69.4 Å². The summed E-state index contributed by atoms with van der Waals surface area (Å²) in [7, 11) is 0. The lowest BCUT2D eigenvalue weighted by molar-refractivity contribution is 0.395. The SMILES string of the molecule is CC1(C)CCCCCNC(C)(C)c2cccc3cccc1c23. The lowest BCUT2D eigenvalue weighted by Gasteiger charge is -2.32. The van der Waals surface area contributed by atoms with Gasteiger partial charge in [0.1, 0.15) is 0 Å². The molecule has 2 aromatic rings. The summed E-state index contributed by atoms with van der Waals surface area (Å²) in [5.74, 6) is 0. The maximum Gasteiger partial charge on any atom is 0.0383 e. The van der Waals surface area contributed by atoms with Crippen molar-refractivity contribution in [2.45, 2.75) is 64.3 Å². The fraction of sp³-hybridized carbons (Fsp3) is 0.524. The summed E-state index contributed by atoms with van der Waals surface area (Å²) in [6.07, 6.45) is 5.17. The van der Waals surface area contributed by atoms with Gasteiger partial charge in [0.25, 0.3) is 0 Å². The van der Waals surface area contributed by atoms with E-state index in [1.54, 1.807) is 0 Å². The Morgan fingerprint density at radius 1 is 0.818 bits per heavy atom. The molecular formula is C21H29N. The summed E-state index contributed by atoms with van der Waals surface area (Å²) in [5.41, 5.74) is 3.19. The average molecular weight is 295 g/mol. The molecule has 1 aliphatic rings. The monoisotopic (exact) mass is 295 g/mol. The van der Waals surface area contributed by atoms with Crippen molar-refractivity contribution in [3.8, 4) is 0 Å². The second kappa shape index (κ2) is 5.70. The Labute approximate surface area is 135 Å². The van der Waals surface area contributed by atoms with Crippen LogP contribution in [0.2, 0.25) is 0 Å². The second-order valence-electron chi connectivity index (χ2n) is 7.96. The number of hydrogen-bond acceptors (Lipinski definition) is 1. The third kappa shape index (κ3) is 2.79. The van der Waals surface area contributed by atoms with Gasteiger partial charge in [-0.25, -0.2) is 0 Å². The molecule has 1 aliphatic heterocycles. The van der Waals surface area contributed by atoms with Gasteiger partial charge < -0.3 is 5.32 Å². The fourth-order valence-corrected chi connectivity index (χ4v) is 3.93. The summed E-state index contributed by atoms with van der Waals surface area (Å²) in [5, 5.41) is 6.62.